The molecule has 3 aliphatic heterocycles. The Morgan fingerprint density at radius 2 is 1.96 bits per heavy atom. The van der Waals surface area contributed by atoms with E-state index in [-0.39, 0.29) is 11.9 Å². The van der Waals surface area contributed by atoms with Crippen LogP contribution in [0, 0.1) is 5.92 Å². The van der Waals surface area contributed by atoms with Crippen LogP contribution in [0.1, 0.15) is 31.4 Å². The average Bonchev–Trinajstić information content (AvgIpc) is 3.04. The predicted molar refractivity (Wildman–Crippen MR) is 103 cm³/mol. The molecule has 27 heavy (non-hydrogen) atoms. The van der Waals surface area contributed by atoms with E-state index in [4.69, 9.17) is 4.99 Å². The van der Waals surface area contributed by atoms with Crippen molar-refractivity contribution in [3.8, 4) is 0 Å². The molecule has 0 aliphatic carbocycles. The van der Waals surface area contributed by atoms with Crippen molar-refractivity contribution in [3.05, 3.63) is 35.4 Å². The maximum atomic E-state index is 12.6. The highest BCUT2D eigenvalue weighted by molar-refractivity contribution is 6.03. The summed E-state index contributed by atoms with van der Waals surface area (Å²) in [5.41, 5.74) is 2.68. The Morgan fingerprint density at radius 3 is 2.70 bits per heavy atom. The summed E-state index contributed by atoms with van der Waals surface area (Å²) < 4.78 is 0. The number of guanidine groups is 1. The first-order valence-electron chi connectivity index (χ1n) is 9.69. The summed E-state index contributed by atoms with van der Waals surface area (Å²) in [4.78, 5) is 35.4. The third kappa shape index (κ3) is 3.15. The Bertz CT molecular complexity index is 790. The SMILES string of the molecule is CC(C)CCN1C(N2CCc3ccccc3C2)=NC2C1C(=O)NC(=O)N2C. The molecule has 0 aromatic heterocycles. The lowest BCUT2D eigenvalue weighted by Crippen LogP contribution is -2.64. The van der Waals surface area contributed by atoms with Crippen LogP contribution in [-0.2, 0) is 17.8 Å². The lowest BCUT2D eigenvalue weighted by molar-refractivity contribution is -0.127. The molecule has 1 fully saturated rings. The van der Waals surface area contributed by atoms with E-state index in [0.29, 0.717) is 5.92 Å². The molecule has 1 aromatic carbocycles. The van der Waals surface area contributed by atoms with E-state index < -0.39 is 12.2 Å². The minimum Gasteiger partial charge on any atom is -0.338 e. The van der Waals surface area contributed by atoms with Crippen LogP contribution in [0.15, 0.2) is 29.3 Å². The molecule has 3 amide bonds. The Kier molecular flexibility index (Phi) is 4.53. The summed E-state index contributed by atoms with van der Waals surface area (Å²) in [6.45, 7) is 6.76. The molecule has 1 saturated heterocycles. The Balaban J connectivity index is 1.64. The quantitative estimate of drug-likeness (QED) is 0.880. The van der Waals surface area contributed by atoms with Gasteiger partial charge >= 0.3 is 6.03 Å². The molecular weight excluding hydrogens is 342 g/mol. The highest BCUT2D eigenvalue weighted by Gasteiger charge is 2.49. The van der Waals surface area contributed by atoms with Crippen LogP contribution >= 0.6 is 0 Å². The first-order chi connectivity index (χ1) is 13.0. The van der Waals surface area contributed by atoms with Crippen LogP contribution in [0.3, 0.4) is 0 Å². The molecule has 2 atom stereocenters. The summed E-state index contributed by atoms with van der Waals surface area (Å²) >= 11 is 0. The van der Waals surface area contributed by atoms with Gasteiger partial charge in [0.2, 0.25) is 0 Å². The van der Waals surface area contributed by atoms with Gasteiger partial charge in [-0.2, -0.15) is 0 Å². The number of aliphatic imine (C=N–C) groups is 1. The molecule has 0 saturated carbocycles. The van der Waals surface area contributed by atoms with Crippen molar-refractivity contribution >= 4 is 17.9 Å². The second-order valence-electron chi connectivity index (χ2n) is 8.01. The Morgan fingerprint density at radius 1 is 1.22 bits per heavy atom. The highest BCUT2D eigenvalue weighted by atomic mass is 16.2. The fraction of sp³-hybridized carbons (Fsp3) is 0.550. The van der Waals surface area contributed by atoms with Gasteiger partial charge in [0, 0.05) is 26.7 Å². The van der Waals surface area contributed by atoms with E-state index in [9.17, 15) is 9.59 Å². The molecular formula is C20H27N5O2. The largest absolute Gasteiger partial charge is 0.338 e. The zero-order valence-corrected chi connectivity index (χ0v) is 16.2. The number of likely N-dealkylation sites (N-methyl/N-ethyl adjacent to an activating group) is 1. The van der Waals surface area contributed by atoms with Crippen molar-refractivity contribution in [3.63, 3.8) is 0 Å². The minimum absolute atomic E-state index is 0.247. The smallest absolute Gasteiger partial charge is 0.325 e. The van der Waals surface area contributed by atoms with Gasteiger partial charge in [-0.1, -0.05) is 38.1 Å². The zero-order valence-electron chi connectivity index (χ0n) is 16.2. The molecule has 7 heteroatoms. The Hall–Kier alpha value is -2.57. The zero-order chi connectivity index (χ0) is 19.1. The van der Waals surface area contributed by atoms with Crippen molar-refractivity contribution in [2.75, 3.05) is 20.1 Å². The van der Waals surface area contributed by atoms with Gasteiger partial charge in [-0.25, -0.2) is 9.79 Å². The molecule has 4 rings (SSSR count). The molecule has 3 aliphatic rings. The van der Waals surface area contributed by atoms with Gasteiger partial charge < -0.3 is 14.7 Å². The molecule has 2 unspecified atom stereocenters. The van der Waals surface area contributed by atoms with Crippen molar-refractivity contribution in [2.24, 2.45) is 10.9 Å². The molecule has 1 aromatic rings. The van der Waals surface area contributed by atoms with E-state index in [1.807, 2.05) is 0 Å². The molecule has 1 N–H and O–H groups in total. The van der Waals surface area contributed by atoms with E-state index in [2.05, 4.69) is 53.2 Å². The maximum absolute atomic E-state index is 12.6. The van der Waals surface area contributed by atoms with Crippen molar-refractivity contribution in [1.29, 1.82) is 0 Å². The lowest BCUT2D eigenvalue weighted by atomic mass is 10.00. The van der Waals surface area contributed by atoms with E-state index >= 15 is 0 Å². The van der Waals surface area contributed by atoms with E-state index in [1.165, 1.54) is 11.1 Å². The maximum Gasteiger partial charge on any atom is 0.325 e. The van der Waals surface area contributed by atoms with Gasteiger partial charge in [0.1, 0.15) is 0 Å². The van der Waals surface area contributed by atoms with Crippen LogP contribution < -0.4 is 5.32 Å². The topological polar surface area (TPSA) is 68.2 Å². The lowest BCUT2D eigenvalue weighted by Gasteiger charge is -2.39. The van der Waals surface area contributed by atoms with Gasteiger partial charge in [0.15, 0.2) is 18.2 Å². The number of hydrogen-bond acceptors (Lipinski definition) is 5. The fourth-order valence-corrected chi connectivity index (χ4v) is 4.08. The summed E-state index contributed by atoms with van der Waals surface area (Å²) in [7, 11) is 1.71. The van der Waals surface area contributed by atoms with Crippen molar-refractivity contribution in [1.82, 2.24) is 20.0 Å². The summed E-state index contributed by atoms with van der Waals surface area (Å²) in [6.07, 6.45) is 1.48. The molecule has 0 spiro atoms. The number of carbonyl (C=O) groups is 2. The molecule has 0 bridgehead atoms. The van der Waals surface area contributed by atoms with Gasteiger partial charge in [0.25, 0.3) is 5.91 Å². The number of hydrogen-bond donors (Lipinski definition) is 1. The van der Waals surface area contributed by atoms with Crippen LogP contribution in [0.25, 0.3) is 0 Å². The average molecular weight is 369 g/mol. The number of nitrogens with zero attached hydrogens (tertiary/aromatic N) is 4. The van der Waals surface area contributed by atoms with E-state index in [0.717, 1.165) is 38.4 Å². The number of amides is 3. The van der Waals surface area contributed by atoms with Gasteiger partial charge in [-0.3, -0.25) is 10.1 Å². The third-order valence-electron chi connectivity index (χ3n) is 5.70. The monoisotopic (exact) mass is 369 g/mol. The second kappa shape index (κ2) is 6.87. The number of imide groups is 1. The van der Waals surface area contributed by atoms with Crippen molar-refractivity contribution < 1.29 is 9.59 Å². The normalized spacial score (nSPS) is 24.7. The van der Waals surface area contributed by atoms with Gasteiger partial charge in [-0.05, 0) is 29.9 Å². The van der Waals surface area contributed by atoms with Gasteiger partial charge in [-0.15, -0.1) is 0 Å². The molecule has 3 heterocycles. The molecule has 0 radical (unpaired) electrons. The van der Waals surface area contributed by atoms with Gasteiger partial charge in [0.05, 0.1) is 0 Å². The van der Waals surface area contributed by atoms with Crippen LogP contribution in [-0.4, -0.2) is 64.9 Å². The summed E-state index contributed by atoms with van der Waals surface area (Å²) in [5.74, 6) is 1.12. The molecule has 7 nitrogen and oxygen atoms in total. The highest BCUT2D eigenvalue weighted by Crippen LogP contribution is 2.29. The van der Waals surface area contributed by atoms with Crippen LogP contribution in [0.2, 0.25) is 0 Å². The summed E-state index contributed by atoms with van der Waals surface area (Å²) in [5, 5.41) is 2.47. The minimum atomic E-state index is -0.453. The number of benzene rings is 1. The first kappa shape index (κ1) is 17.8. The molecule has 144 valence electrons. The standard InChI is InChI=1S/C20H27N5O2/c1-13(2)8-11-25-16-17(23(3)20(27)22-18(16)26)21-19(25)24-10-9-14-6-4-5-7-15(14)12-24/h4-7,13,16-17H,8-12H2,1-3H3,(H,22,26,27). The van der Waals surface area contributed by atoms with E-state index in [1.54, 1.807) is 11.9 Å². The Labute approximate surface area is 160 Å². The predicted octanol–water partition coefficient (Wildman–Crippen LogP) is 1.64. The van der Waals surface area contributed by atoms with Crippen molar-refractivity contribution in [2.45, 2.75) is 45.4 Å². The summed E-state index contributed by atoms with van der Waals surface area (Å²) in [6, 6.07) is 7.66. The number of carbonyl (C=O) groups excluding carboxylic acids is 2. The number of urea groups is 1. The van der Waals surface area contributed by atoms with Crippen LogP contribution in [0.5, 0.6) is 0 Å². The third-order valence-corrected chi connectivity index (χ3v) is 5.70. The number of fused-ring (bicyclic) bond motifs is 2. The first-order valence-corrected chi connectivity index (χ1v) is 9.69. The second-order valence-corrected chi connectivity index (χ2v) is 8.01. The number of rotatable bonds is 3. The number of nitrogens with one attached hydrogen (secondary N) is 1. The van der Waals surface area contributed by atoms with Crippen LogP contribution in [0.4, 0.5) is 4.79 Å². The fourth-order valence-electron chi connectivity index (χ4n) is 4.08.